The van der Waals surface area contributed by atoms with Gasteiger partial charge >= 0.3 is 5.97 Å². The Morgan fingerprint density at radius 3 is 2.67 bits per heavy atom. The maximum Gasteiger partial charge on any atom is 0.338 e. The summed E-state index contributed by atoms with van der Waals surface area (Å²) in [7, 11) is -2.34. The topological polar surface area (TPSA) is 95.7 Å². The number of carbonyl (C=O) groups is 1. The fraction of sp³-hybridized carbons (Fsp3) is 0.364. The van der Waals surface area contributed by atoms with Gasteiger partial charge < -0.3 is 9.47 Å². The van der Waals surface area contributed by atoms with E-state index < -0.39 is 22.1 Å². The lowest BCUT2D eigenvalue weighted by Gasteiger charge is -2.12. The molecule has 7 heteroatoms. The second-order valence-corrected chi connectivity index (χ2v) is 5.31. The van der Waals surface area contributed by atoms with Crippen molar-refractivity contribution in [3.8, 4) is 0 Å². The molecule has 0 aliphatic carbocycles. The van der Waals surface area contributed by atoms with Crippen molar-refractivity contribution in [2.45, 2.75) is 17.9 Å². The van der Waals surface area contributed by atoms with Gasteiger partial charge in [0.25, 0.3) is 0 Å². The highest BCUT2D eigenvalue weighted by molar-refractivity contribution is 7.89. The average Bonchev–Trinajstić information content (AvgIpc) is 2.28. The van der Waals surface area contributed by atoms with E-state index >= 15 is 0 Å². The molecule has 1 unspecified atom stereocenters. The molecule has 2 N–H and O–H groups in total. The molecule has 0 saturated heterocycles. The summed E-state index contributed by atoms with van der Waals surface area (Å²) in [6, 6.07) is 5.37. The standard InChI is InChI=1S/C11H15NO5S/c1-8(7-16-2)17-11(13)9-4-3-5-10(6-9)18(12,14)15/h3-6,8H,7H2,1-2H3,(H2,12,14,15). The van der Waals surface area contributed by atoms with Crippen LogP contribution in [-0.4, -0.2) is 34.2 Å². The molecule has 0 spiro atoms. The number of sulfonamides is 1. The summed E-state index contributed by atoms with van der Waals surface area (Å²) in [5.41, 5.74) is 0.129. The highest BCUT2D eigenvalue weighted by atomic mass is 32.2. The summed E-state index contributed by atoms with van der Waals surface area (Å²) in [5, 5.41) is 4.97. The first-order chi connectivity index (χ1) is 8.34. The van der Waals surface area contributed by atoms with E-state index in [0.717, 1.165) is 0 Å². The maximum atomic E-state index is 11.7. The average molecular weight is 273 g/mol. The molecule has 100 valence electrons. The Labute approximate surface area is 106 Å². The molecule has 0 heterocycles. The van der Waals surface area contributed by atoms with Crippen molar-refractivity contribution in [2.75, 3.05) is 13.7 Å². The summed E-state index contributed by atoms with van der Waals surface area (Å²) in [6.07, 6.45) is -0.416. The van der Waals surface area contributed by atoms with Gasteiger partial charge in [0.15, 0.2) is 0 Å². The van der Waals surface area contributed by atoms with E-state index in [1.54, 1.807) is 6.92 Å². The second kappa shape index (κ2) is 5.94. The predicted octanol–water partition coefficient (Wildman–Crippen LogP) is 0.526. The van der Waals surface area contributed by atoms with Crippen molar-refractivity contribution in [1.29, 1.82) is 0 Å². The van der Waals surface area contributed by atoms with Crippen LogP contribution in [0.2, 0.25) is 0 Å². The lowest BCUT2D eigenvalue weighted by molar-refractivity contribution is 0.0120. The van der Waals surface area contributed by atoms with Gasteiger partial charge in [0.1, 0.15) is 6.10 Å². The van der Waals surface area contributed by atoms with E-state index in [2.05, 4.69) is 0 Å². The number of hydrogen-bond donors (Lipinski definition) is 1. The molecule has 0 saturated carbocycles. The van der Waals surface area contributed by atoms with E-state index in [-0.39, 0.29) is 17.1 Å². The number of primary sulfonamides is 1. The van der Waals surface area contributed by atoms with Crippen molar-refractivity contribution in [1.82, 2.24) is 0 Å². The van der Waals surface area contributed by atoms with Gasteiger partial charge in [-0.3, -0.25) is 0 Å². The number of carbonyl (C=O) groups excluding carboxylic acids is 1. The summed E-state index contributed by atoms with van der Waals surface area (Å²) < 4.78 is 32.1. The monoisotopic (exact) mass is 273 g/mol. The zero-order valence-corrected chi connectivity index (χ0v) is 10.9. The van der Waals surface area contributed by atoms with Gasteiger partial charge in [-0.15, -0.1) is 0 Å². The highest BCUT2D eigenvalue weighted by Crippen LogP contribution is 2.11. The minimum absolute atomic E-state index is 0.128. The van der Waals surface area contributed by atoms with E-state index in [0.29, 0.717) is 0 Å². The van der Waals surface area contributed by atoms with Crippen LogP contribution in [0.3, 0.4) is 0 Å². The van der Waals surface area contributed by atoms with E-state index in [1.807, 2.05) is 0 Å². The van der Waals surface area contributed by atoms with Crippen LogP contribution >= 0.6 is 0 Å². The van der Waals surface area contributed by atoms with E-state index in [4.69, 9.17) is 14.6 Å². The maximum absolute atomic E-state index is 11.7. The summed E-state index contributed by atoms with van der Waals surface area (Å²) in [5.74, 6) is -0.620. The Balaban J connectivity index is 2.87. The molecular weight excluding hydrogens is 258 g/mol. The molecule has 6 nitrogen and oxygen atoms in total. The Morgan fingerprint density at radius 2 is 2.11 bits per heavy atom. The van der Waals surface area contributed by atoms with Gasteiger partial charge in [-0.2, -0.15) is 0 Å². The van der Waals surface area contributed by atoms with Gasteiger partial charge in [-0.25, -0.2) is 18.4 Å². The van der Waals surface area contributed by atoms with E-state index in [1.165, 1.54) is 31.4 Å². The van der Waals surface area contributed by atoms with Crippen LogP contribution in [0.25, 0.3) is 0 Å². The van der Waals surface area contributed by atoms with Crippen LogP contribution in [0.4, 0.5) is 0 Å². The van der Waals surface area contributed by atoms with Crippen molar-refractivity contribution in [3.63, 3.8) is 0 Å². The third-order valence-electron chi connectivity index (χ3n) is 2.11. The third kappa shape index (κ3) is 4.10. The largest absolute Gasteiger partial charge is 0.457 e. The summed E-state index contributed by atoms with van der Waals surface area (Å²) >= 11 is 0. The summed E-state index contributed by atoms with van der Waals surface area (Å²) in [6.45, 7) is 1.94. The molecule has 0 amide bonds. The van der Waals surface area contributed by atoms with Crippen molar-refractivity contribution in [2.24, 2.45) is 5.14 Å². The molecule has 18 heavy (non-hydrogen) atoms. The summed E-state index contributed by atoms with van der Waals surface area (Å²) in [4.78, 5) is 11.6. The molecule has 0 aliphatic rings. The molecule has 0 fully saturated rings. The first-order valence-corrected chi connectivity index (χ1v) is 6.72. The SMILES string of the molecule is COCC(C)OC(=O)c1cccc(S(N)(=O)=O)c1. The molecule has 0 bridgehead atoms. The number of ether oxygens (including phenoxy) is 2. The minimum atomic E-state index is -3.83. The van der Waals surface area contributed by atoms with Crippen LogP contribution in [0.1, 0.15) is 17.3 Å². The smallest absolute Gasteiger partial charge is 0.338 e. The number of hydrogen-bond acceptors (Lipinski definition) is 5. The molecule has 1 atom stereocenters. The van der Waals surface area contributed by atoms with Gasteiger partial charge in [-0.1, -0.05) is 6.07 Å². The van der Waals surface area contributed by atoms with Crippen LogP contribution in [0.5, 0.6) is 0 Å². The van der Waals surface area contributed by atoms with Crippen LogP contribution in [0, 0.1) is 0 Å². The number of rotatable bonds is 5. The highest BCUT2D eigenvalue weighted by Gasteiger charge is 2.15. The van der Waals surface area contributed by atoms with Crippen LogP contribution in [-0.2, 0) is 19.5 Å². The third-order valence-corrected chi connectivity index (χ3v) is 3.02. The Hall–Kier alpha value is -1.44. The number of esters is 1. The fourth-order valence-corrected chi connectivity index (χ4v) is 1.88. The quantitative estimate of drug-likeness (QED) is 0.789. The van der Waals surface area contributed by atoms with Gasteiger partial charge in [0.05, 0.1) is 17.1 Å². The Kier molecular flexibility index (Phi) is 4.83. The molecule has 0 aromatic heterocycles. The normalized spacial score (nSPS) is 13.1. The molecule has 1 aromatic rings. The van der Waals surface area contributed by atoms with Crippen molar-refractivity contribution in [3.05, 3.63) is 29.8 Å². The molecular formula is C11H15NO5S. The molecule has 1 rings (SSSR count). The zero-order chi connectivity index (χ0) is 13.8. The van der Waals surface area contributed by atoms with Gasteiger partial charge in [-0.05, 0) is 25.1 Å². The number of benzene rings is 1. The number of methoxy groups -OCH3 is 1. The second-order valence-electron chi connectivity index (χ2n) is 3.74. The molecule has 0 radical (unpaired) electrons. The predicted molar refractivity (Wildman–Crippen MR) is 64.6 cm³/mol. The molecule has 0 aliphatic heterocycles. The lowest BCUT2D eigenvalue weighted by Crippen LogP contribution is -2.20. The van der Waals surface area contributed by atoms with Crippen molar-refractivity contribution < 1.29 is 22.7 Å². The zero-order valence-electron chi connectivity index (χ0n) is 10.1. The Bertz CT molecular complexity index is 526. The van der Waals surface area contributed by atoms with Gasteiger partial charge in [0.2, 0.25) is 10.0 Å². The Morgan fingerprint density at radius 1 is 1.44 bits per heavy atom. The van der Waals surface area contributed by atoms with Crippen molar-refractivity contribution >= 4 is 16.0 Å². The number of nitrogens with two attached hydrogens (primary N) is 1. The lowest BCUT2D eigenvalue weighted by atomic mass is 10.2. The van der Waals surface area contributed by atoms with Crippen LogP contribution in [0.15, 0.2) is 29.2 Å². The first kappa shape index (κ1) is 14.6. The van der Waals surface area contributed by atoms with Crippen LogP contribution < -0.4 is 5.14 Å². The van der Waals surface area contributed by atoms with E-state index in [9.17, 15) is 13.2 Å². The minimum Gasteiger partial charge on any atom is -0.457 e. The molecule has 1 aromatic carbocycles. The first-order valence-electron chi connectivity index (χ1n) is 5.17. The fourth-order valence-electron chi connectivity index (χ4n) is 1.32. The van der Waals surface area contributed by atoms with Gasteiger partial charge in [0, 0.05) is 7.11 Å².